The highest BCUT2D eigenvalue weighted by molar-refractivity contribution is 6.37. The first-order valence-corrected chi connectivity index (χ1v) is 5.68. The van der Waals surface area contributed by atoms with Crippen LogP contribution in [0.4, 0.5) is 0 Å². The van der Waals surface area contributed by atoms with E-state index in [1.807, 2.05) is 0 Å². The summed E-state index contributed by atoms with van der Waals surface area (Å²) in [6.45, 7) is 0. The molecule has 0 aromatic carbocycles. The number of nitrogens with two attached hydrogens (primary N) is 1. The van der Waals surface area contributed by atoms with Gasteiger partial charge in [0.1, 0.15) is 0 Å². The summed E-state index contributed by atoms with van der Waals surface area (Å²) in [5.41, 5.74) is 5.43. The van der Waals surface area contributed by atoms with Crippen molar-refractivity contribution in [3.05, 3.63) is 0 Å². The van der Waals surface area contributed by atoms with Crippen molar-refractivity contribution in [1.29, 1.82) is 0 Å². The Hall–Kier alpha value is -2.09. The molecule has 1 fully saturated rings. The normalized spacial score (nSPS) is 23.8. The molecule has 1 aliphatic rings. The Morgan fingerprint density at radius 2 is 1.37 bits per heavy atom. The van der Waals surface area contributed by atoms with Gasteiger partial charge in [0.05, 0.1) is 18.9 Å². The van der Waals surface area contributed by atoms with Crippen LogP contribution < -0.4 is 5.73 Å². The second-order valence-corrected chi connectivity index (χ2v) is 3.97. The molecule has 0 bridgehead atoms. The van der Waals surface area contributed by atoms with Gasteiger partial charge in [-0.1, -0.05) is 0 Å². The zero-order valence-electron chi connectivity index (χ0n) is 10.0. The van der Waals surface area contributed by atoms with Crippen molar-refractivity contribution in [3.8, 4) is 0 Å². The molecule has 8 heteroatoms. The zero-order chi connectivity index (χ0) is 14.4. The topological polar surface area (TPSA) is 130 Å². The van der Waals surface area contributed by atoms with Gasteiger partial charge in [-0.15, -0.1) is 0 Å². The molecular weight excluding hydrogens is 258 g/mol. The van der Waals surface area contributed by atoms with E-state index in [2.05, 4.69) is 9.47 Å². The molecule has 1 unspecified atom stereocenters. The van der Waals surface area contributed by atoms with Crippen LogP contribution >= 0.6 is 0 Å². The molecule has 0 amide bonds. The van der Waals surface area contributed by atoms with Crippen LogP contribution in [-0.2, 0) is 33.4 Å². The summed E-state index contributed by atoms with van der Waals surface area (Å²) in [5.74, 6) is -5.08. The van der Waals surface area contributed by atoms with Gasteiger partial charge in [-0.05, 0) is 12.8 Å². The van der Waals surface area contributed by atoms with Crippen LogP contribution in [0, 0.1) is 0 Å². The molecule has 1 saturated heterocycles. The average Bonchev–Trinajstić information content (AvgIpc) is 2.34. The fourth-order valence-electron chi connectivity index (χ4n) is 1.39. The quantitative estimate of drug-likeness (QED) is 0.337. The summed E-state index contributed by atoms with van der Waals surface area (Å²) in [5, 5.41) is 0. The summed E-state index contributed by atoms with van der Waals surface area (Å²) >= 11 is 0. The van der Waals surface area contributed by atoms with E-state index in [9.17, 15) is 24.0 Å². The van der Waals surface area contributed by atoms with Gasteiger partial charge >= 0.3 is 23.9 Å². The summed E-state index contributed by atoms with van der Waals surface area (Å²) in [4.78, 5) is 56.1. The lowest BCUT2D eigenvalue weighted by molar-refractivity contribution is -0.166. The maximum absolute atomic E-state index is 11.4. The lowest BCUT2D eigenvalue weighted by Crippen LogP contribution is -2.37. The highest BCUT2D eigenvalue weighted by Gasteiger charge is 2.26. The number of carbonyl (C=O) groups is 5. The molecule has 1 aliphatic heterocycles. The third-order valence-electron chi connectivity index (χ3n) is 2.40. The van der Waals surface area contributed by atoms with E-state index in [1.54, 1.807) is 0 Å². The van der Waals surface area contributed by atoms with Crippen LogP contribution in [0.15, 0.2) is 0 Å². The minimum Gasteiger partial charge on any atom is -0.393 e. The van der Waals surface area contributed by atoms with Crippen molar-refractivity contribution >= 4 is 29.7 Å². The van der Waals surface area contributed by atoms with E-state index >= 15 is 0 Å². The number of Topliss-reactive ketones (excluding diaryl/α,β-unsaturated/α-hetero) is 1. The maximum Gasteiger partial charge on any atom is 0.383 e. The van der Waals surface area contributed by atoms with Crippen LogP contribution in [0.2, 0.25) is 0 Å². The Morgan fingerprint density at radius 3 is 2.00 bits per heavy atom. The molecule has 1 heterocycles. The molecule has 104 valence electrons. The predicted octanol–water partition coefficient (Wildman–Crippen LogP) is -1.01. The van der Waals surface area contributed by atoms with Gasteiger partial charge in [-0.3, -0.25) is 19.2 Å². The van der Waals surface area contributed by atoms with E-state index in [0.717, 1.165) is 0 Å². The fourth-order valence-corrected chi connectivity index (χ4v) is 1.39. The van der Waals surface area contributed by atoms with Crippen LogP contribution in [-0.4, -0.2) is 35.7 Å². The third-order valence-corrected chi connectivity index (χ3v) is 2.40. The van der Waals surface area contributed by atoms with E-state index in [4.69, 9.17) is 5.73 Å². The number of ketones is 1. The fraction of sp³-hybridized carbons (Fsp3) is 0.545. The van der Waals surface area contributed by atoms with Crippen molar-refractivity contribution in [2.75, 3.05) is 0 Å². The van der Waals surface area contributed by atoms with Gasteiger partial charge in [0.25, 0.3) is 5.78 Å². The van der Waals surface area contributed by atoms with E-state index in [0.29, 0.717) is 0 Å². The van der Waals surface area contributed by atoms with Crippen molar-refractivity contribution in [2.24, 2.45) is 5.73 Å². The number of esters is 4. The molecular formula is C11H13NO7. The van der Waals surface area contributed by atoms with Crippen LogP contribution in [0.5, 0.6) is 0 Å². The number of ether oxygens (including phenoxy) is 2. The monoisotopic (exact) mass is 271 g/mol. The molecule has 0 saturated carbocycles. The van der Waals surface area contributed by atoms with Crippen molar-refractivity contribution < 1.29 is 33.4 Å². The van der Waals surface area contributed by atoms with E-state index in [1.165, 1.54) is 0 Å². The Balaban J connectivity index is 2.74. The van der Waals surface area contributed by atoms with Crippen LogP contribution in [0.1, 0.15) is 32.1 Å². The minimum atomic E-state index is -1.35. The van der Waals surface area contributed by atoms with E-state index in [-0.39, 0.29) is 19.3 Å². The Bertz CT molecular complexity index is 429. The molecule has 1 rings (SSSR count). The lowest BCUT2D eigenvalue weighted by atomic mass is 10.1. The van der Waals surface area contributed by atoms with Crippen molar-refractivity contribution in [1.82, 2.24) is 0 Å². The summed E-state index contributed by atoms with van der Waals surface area (Å²) in [6, 6.07) is -1.15. The first kappa shape index (κ1) is 15.0. The van der Waals surface area contributed by atoms with E-state index < -0.39 is 48.5 Å². The Kier molecular flexibility index (Phi) is 5.31. The highest BCUT2D eigenvalue weighted by Crippen LogP contribution is 2.06. The minimum absolute atomic E-state index is 0.0470. The molecule has 2 N–H and O–H groups in total. The van der Waals surface area contributed by atoms with Gasteiger partial charge in [0, 0.05) is 6.42 Å². The summed E-state index contributed by atoms with van der Waals surface area (Å²) in [6.07, 6.45) is -0.736. The van der Waals surface area contributed by atoms with Gasteiger partial charge in [-0.2, -0.15) is 0 Å². The number of carbonyl (C=O) groups excluding carboxylic acids is 5. The molecule has 0 radical (unpaired) electrons. The van der Waals surface area contributed by atoms with Crippen molar-refractivity contribution in [3.63, 3.8) is 0 Å². The maximum atomic E-state index is 11.4. The molecule has 0 aromatic rings. The predicted molar refractivity (Wildman–Crippen MR) is 58.3 cm³/mol. The first-order valence-electron chi connectivity index (χ1n) is 5.68. The molecule has 1 atom stereocenters. The van der Waals surface area contributed by atoms with Gasteiger partial charge in [-0.25, -0.2) is 4.79 Å². The largest absolute Gasteiger partial charge is 0.393 e. The standard InChI is InChI=1S/C11H13NO7/c12-6-2-1-3-7(13)18-8(14)4-5-9(15)19-11(17)10(6)16/h6H,1-5,12H2. The zero-order valence-corrected chi connectivity index (χ0v) is 10.0. The second-order valence-electron chi connectivity index (χ2n) is 3.97. The van der Waals surface area contributed by atoms with Crippen LogP contribution in [0.25, 0.3) is 0 Å². The Labute approximate surface area is 108 Å². The van der Waals surface area contributed by atoms with Gasteiger partial charge in [0.2, 0.25) is 0 Å². The molecule has 8 nitrogen and oxygen atoms in total. The second kappa shape index (κ2) is 6.74. The molecule has 0 aliphatic carbocycles. The number of cyclic esters (lactones) is 4. The summed E-state index contributed by atoms with van der Waals surface area (Å²) in [7, 11) is 0. The van der Waals surface area contributed by atoms with Gasteiger partial charge < -0.3 is 15.2 Å². The first-order chi connectivity index (χ1) is 8.90. The average molecular weight is 271 g/mol. The Morgan fingerprint density at radius 1 is 0.842 bits per heavy atom. The molecule has 0 aromatic heterocycles. The third kappa shape index (κ3) is 4.96. The van der Waals surface area contributed by atoms with Gasteiger partial charge in [0.15, 0.2) is 0 Å². The number of hydrogen-bond donors (Lipinski definition) is 1. The molecule has 0 spiro atoms. The van der Waals surface area contributed by atoms with Crippen molar-refractivity contribution in [2.45, 2.75) is 38.1 Å². The molecule has 19 heavy (non-hydrogen) atoms. The number of hydrogen-bond acceptors (Lipinski definition) is 8. The highest BCUT2D eigenvalue weighted by atomic mass is 16.6. The SMILES string of the molecule is NC1CCCC(=O)OC(=O)CCC(=O)OC(=O)C1=O. The van der Waals surface area contributed by atoms with Crippen LogP contribution in [0.3, 0.4) is 0 Å². The summed E-state index contributed by atoms with van der Waals surface area (Å²) < 4.78 is 8.63. The number of rotatable bonds is 0. The smallest absolute Gasteiger partial charge is 0.383 e. The lowest BCUT2D eigenvalue weighted by Gasteiger charge is -2.07.